The highest BCUT2D eigenvalue weighted by atomic mass is 127. The van der Waals surface area contributed by atoms with Gasteiger partial charge in [-0.15, -0.1) is 45.5 Å². The Labute approximate surface area is 164 Å². The molecule has 0 radical (unpaired) electrons. The molecule has 0 fully saturated rings. The monoisotopic (exact) mass is 515 g/mol. The lowest BCUT2D eigenvalue weighted by Crippen LogP contribution is -2.36. The summed E-state index contributed by atoms with van der Waals surface area (Å²) >= 11 is 6.80. The Morgan fingerprint density at radius 1 is 1.32 bits per heavy atom. The van der Waals surface area contributed by atoms with Gasteiger partial charge in [0.15, 0.2) is 5.96 Å². The molecular weight excluding hydrogens is 497 g/mol. The molecule has 0 spiro atoms. The van der Waals surface area contributed by atoms with Gasteiger partial charge in [-0.05, 0) is 22.0 Å². The van der Waals surface area contributed by atoms with Crippen LogP contribution in [-0.4, -0.2) is 23.2 Å². The second-order valence-corrected chi connectivity index (χ2v) is 7.70. The summed E-state index contributed by atoms with van der Waals surface area (Å²) in [4.78, 5) is 5.46. The molecule has 9 heteroatoms. The Balaban J connectivity index is 0.00000242. The quantitative estimate of drug-likeness (QED) is 0.359. The third-order valence-electron chi connectivity index (χ3n) is 2.66. The van der Waals surface area contributed by atoms with E-state index < -0.39 is 0 Å². The van der Waals surface area contributed by atoms with Gasteiger partial charge in [0.05, 0.1) is 13.1 Å². The van der Waals surface area contributed by atoms with E-state index in [1.165, 1.54) is 4.88 Å². The molecule has 0 aromatic carbocycles. The van der Waals surface area contributed by atoms with Crippen molar-refractivity contribution in [2.75, 3.05) is 7.05 Å². The first kappa shape index (κ1) is 19.8. The van der Waals surface area contributed by atoms with Crippen molar-refractivity contribution in [1.82, 2.24) is 20.8 Å². The second kappa shape index (κ2) is 9.78. The molecule has 0 unspecified atom stereocenters. The molecular formula is C13H19BrIN5S2. The third-order valence-corrected chi connectivity index (χ3v) is 5.58. The van der Waals surface area contributed by atoms with Gasteiger partial charge >= 0.3 is 0 Å². The van der Waals surface area contributed by atoms with Gasteiger partial charge in [-0.25, -0.2) is 0 Å². The van der Waals surface area contributed by atoms with Gasteiger partial charge in [-0.3, -0.25) is 4.99 Å². The van der Waals surface area contributed by atoms with Crippen molar-refractivity contribution >= 4 is 68.5 Å². The van der Waals surface area contributed by atoms with E-state index in [1.54, 1.807) is 29.7 Å². The first-order valence-corrected chi connectivity index (χ1v) is 9.07. The first-order chi connectivity index (χ1) is 10.1. The zero-order valence-corrected chi connectivity index (χ0v) is 18.1. The average Bonchev–Trinajstić information content (AvgIpc) is 3.08. The molecule has 122 valence electrons. The normalized spacial score (nSPS) is 11.4. The van der Waals surface area contributed by atoms with E-state index in [2.05, 4.69) is 67.0 Å². The topological polar surface area (TPSA) is 62.2 Å². The van der Waals surface area contributed by atoms with Crippen molar-refractivity contribution in [3.05, 3.63) is 30.8 Å². The van der Waals surface area contributed by atoms with Gasteiger partial charge in [-0.1, -0.05) is 25.2 Å². The van der Waals surface area contributed by atoms with Gasteiger partial charge in [0.2, 0.25) is 0 Å². The van der Waals surface area contributed by atoms with Crippen LogP contribution in [-0.2, 0) is 13.1 Å². The molecule has 0 saturated heterocycles. The number of rotatable bonds is 5. The lowest BCUT2D eigenvalue weighted by Gasteiger charge is -2.09. The van der Waals surface area contributed by atoms with Crippen LogP contribution < -0.4 is 10.6 Å². The number of aromatic nitrogens is 2. The van der Waals surface area contributed by atoms with Gasteiger partial charge in [0.25, 0.3) is 0 Å². The van der Waals surface area contributed by atoms with E-state index in [0.717, 1.165) is 27.0 Å². The highest BCUT2D eigenvalue weighted by Gasteiger charge is 2.08. The van der Waals surface area contributed by atoms with Crippen LogP contribution in [0.4, 0.5) is 0 Å². The second-order valence-electron chi connectivity index (χ2n) is 4.70. The van der Waals surface area contributed by atoms with Crippen molar-refractivity contribution in [2.45, 2.75) is 32.9 Å². The summed E-state index contributed by atoms with van der Waals surface area (Å²) in [6, 6.07) is 2.10. The lowest BCUT2D eigenvalue weighted by molar-refractivity contribution is 0.786. The van der Waals surface area contributed by atoms with Crippen LogP contribution >= 0.6 is 62.6 Å². The minimum Gasteiger partial charge on any atom is -0.352 e. The summed E-state index contributed by atoms with van der Waals surface area (Å²) in [6.45, 7) is 5.64. The van der Waals surface area contributed by atoms with E-state index in [-0.39, 0.29) is 24.0 Å². The predicted octanol–water partition coefficient (Wildman–Crippen LogP) is 3.97. The lowest BCUT2D eigenvalue weighted by atomic mass is 10.2. The Morgan fingerprint density at radius 2 is 2.05 bits per heavy atom. The molecule has 0 saturated carbocycles. The van der Waals surface area contributed by atoms with Crippen LogP contribution in [0.15, 0.2) is 20.9 Å². The van der Waals surface area contributed by atoms with Crippen LogP contribution in [0.2, 0.25) is 0 Å². The third kappa shape index (κ3) is 6.09. The number of nitrogens with zero attached hydrogens (tertiary/aromatic N) is 3. The fraction of sp³-hybridized carbons (Fsp3) is 0.462. The Kier molecular flexibility index (Phi) is 8.80. The highest BCUT2D eigenvalue weighted by Crippen LogP contribution is 2.20. The number of thiophene rings is 1. The Hall–Kier alpha value is -0.260. The average molecular weight is 516 g/mol. The maximum absolute atomic E-state index is 4.21. The summed E-state index contributed by atoms with van der Waals surface area (Å²) in [5.74, 6) is 1.19. The molecule has 2 heterocycles. The first-order valence-electron chi connectivity index (χ1n) is 6.58. The Morgan fingerprint density at radius 3 is 2.59 bits per heavy atom. The zero-order chi connectivity index (χ0) is 15.2. The van der Waals surface area contributed by atoms with Gasteiger partial charge in [-0.2, -0.15) is 0 Å². The van der Waals surface area contributed by atoms with Crippen molar-refractivity contribution in [1.29, 1.82) is 0 Å². The maximum Gasteiger partial charge on any atom is 0.191 e. The predicted molar refractivity (Wildman–Crippen MR) is 108 cm³/mol. The van der Waals surface area contributed by atoms with E-state index in [9.17, 15) is 0 Å². The summed E-state index contributed by atoms with van der Waals surface area (Å²) < 4.78 is 1.11. The maximum atomic E-state index is 4.21. The zero-order valence-electron chi connectivity index (χ0n) is 12.6. The molecule has 2 rings (SSSR count). The Bertz CT molecular complexity index is 611. The van der Waals surface area contributed by atoms with E-state index >= 15 is 0 Å². The van der Waals surface area contributed by atoms with Crippen LogP contribution in [0.25, 0.3) is 0 Å². The number of aliphatic imine (C=N–C) groups is 1. The van der Waals surface area contributed by atoms with Crippen LogP contribution in [0.3, 0.4) is 0 Å². The van der Waals surface area contributed by atoms with E-state index in [1.807, 2.05) is 0 Å². The number of guanidine groups is 1. The molecule has 2 N–H and O–H groups in total. The van der Waals surface area contributed by atoms with Gasteiger partial charge in [0, 0.05) is 27.7 Å². The van der Waals surface area contributed by atoms with Crippen LogP contribution in [0.5, 0.6) is 0 Å². The number of hydrogen-bond acceptors (Lipinski definition) is 5. The largest absolute Gasteiger partial charge is 0.352 e. The molecule has 0 aliphatic carbocycles. The fourth-order valence-electron chi connectivity index (χ4n) is 1.57. The molecule has 0 atom stereocenters. The number of nitrogens with one attached hydrogen (secondary N) is 2. The number of halogens is 2. The summed E-state index contributed by atoms with van der Waals surface area (Å²) in [7, 11) is 1.76. The van der Waals surface area contributed by atoms with Crippen molar-refractivity contribution < 1.29 is 0 Å². The minimum absolute atomic E-state index is 0. The molecule has 22 heavy (non-hydrogen) atoms. The summed E-state index contributed by atoms with van der Waals surface area (Å²) in [5, 5.41) is 19.0. The minimum atomic E-state index is 0. The fourth-order valence-corrected chi connectivity index (χ4v) is 3.74. The van der Waals surface area contributed by atoms with E-state index in [4.69, 9.17) is 0 Å². The highest BCUT2D eigenvalue weighted by molar-refractivity contribution is 14.0. The molecule has 0 aliphatic rings. The van der Waals surface area contributed by atoms with Gasteiger partial charge < -0.3 is 10.6 Å². The standard InChI is InChI=1S/C13H18BrN5S2.HI/c1-8(2)12-19-18-11(21-12)6-17-13(15-3)16-5-10-4-9(14)7-20-10;/h4,7-8H,5-6H2,1-3H3,(H2,15,16,17);1H. The smallest absolute Gasteiger partial charge is 0.191 e. The summed E-state index contributed by atoms with van der Waals surface area (Å²) in [6.07, 6.45) is 0. The van der Waals surface area contributed by atoms with Crippen LogP contribution in [0, 0.1) is 0 Å². The molecule has 0 amide bonds. The molecule has 5 nitrogen and oxygen atoms in total. The number of hydrogen-bond donors (Lipinski definition) is 2. The summed E-state index contributed by atoms with van der Waals surface area (Å²) in [5.41, 5.74) is 0. The molecule has 0 aliphatic heterocycles. The molecule has 2 aromatic heterocycles. The van der Waals surface area contributed by atoms with E-state index in [0.29, 0.717) is 12.5 Å². The van der Waals surface area contributed by atoms with Gasteiger partial charge in [0.1, 0.15) is 10.0 Å². The van der Waals surface area contributed by atoms with Crippen molar-refractivity contribution in [3.63, 3.8) is 0 Å². The molecule has 0 bridgehead atoms. The van der Waals surface area contributed by atoms with Crippen molar-refractivity contribution in [2.24, 2.45) is 4.99 Å². The SMILES string of the molecule is CN=C(NCc1cc(Br)cs1)NCc1nnc(C(C)C)s1.I. The molecule has 2 aromatic rings. The van der Waals surface area contributed by atoms with Crippen molar-refractivity contribution in [3.8, 4) is 0 Å². The van der Waals surface area contributed by atoms with Crippen LogP contribution in [0.1, 0.15) is 34.7 Å².